The number of ether oxygens (including phenoxy) is 1. The molecule has 1 aliphatic heterocycles. The van der Waals surface area contributed by atoms with Gasteiger partial charge in [-0.2, -0.15) is 0 Å². The van der Waals surface area contributed by atoms with Crippen LogP contribution < -0.4 is 5.32 Å². The van der Waals surface area contributed by atoms with E-state index in [1.807, 2.05) is 20.8 Å². The first kappa shape index (κ1) is 19.7. The number of carboxylic acid groups (broad SMARTS) is 1. The maximum atomic E-state index is 12.0. The van der Waals surface area contributed by atoms with Gasteiger partial charge in [0.05, 0.1) is 0 Å². The molecule has 23 heavy (non-hydrogen) atoms. The largest absolute Gasteiger partial charge is 0.481 e. The van der Waals surface area contributed by atoms with Crippen LogP contribution in [0.5, 0.6) is 0 Å². The molecule has 1 rings (SSSR count). The topological polar surface area (TPSA) is 78.9 Å². The average molecular weight is 328 g/mol. The number of hydrogen-bond acceptors (Lipinski definition) is 4. The SMILES string of the molecule is CCC(C)N1CC(CCC(=O)O)CC(NC(=O)OC(C)(C)C)C1. The average Bonchev–Trinajstić information content (AvgIpc) is 2.41. The fourth-order valence-electron chi connectivity index (χ4n) is 2.97. The number of carbonyl (C=O) groups is 2. The summed E-state index contributed by atoms with van der Waals surface area (Å²) >= 11 is 0. The maximum absolute atomic E-state index is 12.0. The van der Waals surface area contributed by atoms with Gasteiger partial charge >= 0.3 is 12.1 Å². The summed E-state index contributed by atoms with van der Waals surface area (Å²) in [5.74, 6) is -0.476. The highest BCUT2D eigenvalue weighted by molar-refractivity contribution is 5.68. The Kier molecular flexibility index (Phi) is 7.32. The van der Waals surface area contributed by atoms with E-state index in [-0.39, 0.29) is 18.4 Å². The number of alkyl carbamates (subject to hydrolysis) is 1. The summed E-state index contributed by atoms with van der Waals surface area (Å²) in [5, 5.41) is 11.9. The Labute approximate surface area is 139 Å². The molecule has 0 radical (unpaired) electrons. The predicted molar refractivity (Wildman–Crippen MR) is 89.5 cm³/mol. The quantitative estimate of drug-likeness (QED) is 0.784. The lowest BCUT2D eigenvalue weighted by atomic mass is 9.89. The van der Waals surface area contributed by atoms with Crippen molar-refractivity contribution >= 4 is 12.1 Å². The second-order valence-corrected chi connectivity index (χ2v) is 7.59. The number of likely N-dealkylation sites (tertiary alicyclic amines) is 1. The van der Waals surface area contributed by atoms with Crippen LogP contribution in [0.4, 0.5) is 4.79 Å². The molecule has 3 atom stereocenters. The molecule has 0 spiro atoms. The van der Waals surface area contributed by atoms with Gasteiger partial charge in [-0.3, -0.25) is 9.69 Å². The van der Waals surface area contributed by atoms with Gasteiger partial charge in [0.2, 0.25) is 0 Å². The molecule has 134 valence electrons. The fourth-order valence-corrected chi connectivity index (χ4v) is 2.97. The minimum atomic E-state index is -0.762. The normalized spacial score (nSPS) is 24.0. The molecule has 0 bridgehead atoms. The molecular weight excluding hydrogens is 296 g/mol. The Morgan fingerprint density at radius 2 is 2.00 bits per heavy atom. The van der Waals surface area contributed by atoms with Gasteiger partial charge in [0.15, 0.2) is 0 Å². The number of carboxylic acids is 1. The molecule has 3 unspecified atom stereocenters. The summed E-state index contributed by atoms with van der Waals surface area (Å²) in [5.41, 5.74) is -0.516. The number of amides is 1. The van der Waals surface area contributed by atoms with Gasteiger partial charge in [-0.15, -0.1) is 0 Å². The van der Waals surface area contributed by atoms with Crippen molar-refractivity contribution < 1.29 is 19.4 Å². The van der Waals surface area contributed by atoms with Crippen LogP contribution in [-0.2, 0) is 9.53 Å². The first-order valence-electron chi connectivity index (χ1n) is 8.56. The number of hydrogen-bond donors (Lipinski definition) is 2. The van der Waals surface area contributed by atoms with Crippen LogP contribution in [0, 0.1) is 5.92 Å². The van der Waals surface area contributed by atoms with E-state index in [4.69, 9.17) is 9.84 Å². The van der Waals surface area contributed by atoms with Crippen LogP contribution in [0.15, 0.2) is 0 Å². The summed E-state index contributed by atoms with van der Waals surface area (Å²) < 4.78 is 5.33. The van der Waals surface area contributed by atoms with E-state index in [0.29, 0.717) is 12.5 Å². The molecule has 2 N–H and O–H groups in total. The molecule has 1 fully saturated rings. The zero-order valence-electron chi connectivity index (χ0n) is 15.1. The Morgan fingerprint density at radius 1 is 1.35 bits per heavy atom. The summed E-state index contributed by atoms with van der Waals surface area (Å²) in [4.78, 5) is 25.2. The fraction of sp³-hybridized carbons (Fsp3) is 0.882. The van der Waals surface area contributed by atoms with Gasteiger partial charge in [-0.05, 0) is 52.9 Å². The standard InChI is InChI=1S/C17H32N2O4/c1-6-12(2)19-10-13(7-8-15(20)21)9-14(11-19)18-16(22)23-17(3,4)5/h12-14H,6-11H2,1-5H3,(H,18,22)(H,20,21). The summed E-state index contributed by atoms with van der Waals surface area (Å²) in [6.07, 6.45) is 2.27. The van der Waals surface area contributed by atoms with Crippen LogP contribution in [0.1, 0.15) is 60.3 Å². The predicted octanol–water partition coefficient (Wildman–Crippen LogP) is 2.86. The van der Waals surface area contributed by atoms with E-state index in [0.717, 1.165) is 25.9 Å². The molecule has 0 aliphatic carbocycles. The molecule has 0 aromatic heterocycles. The van der Waals surface area contributed by atoms with Gasteiger partial charge in [-0.25, -0.2) is 4.79 Å². The van der Waals surface area contributed by atoms with E-state index in [1.54, 1.807) is 0 Å². The summed E-state index contributed by atoms with van der Waals surface area (Å²) in [6, 6.07) is 0.428. The van der Waals surface area contributed by atoms with Gasteiger partial charge in [0, 0.05) is 31.6 Å². The Hall–Kier alpha value is -1.30. The molecule has 1 amide bonds. The second-order valence-electron chi connectivity index (χ2n) is 7.59. The van der Waals surface area contributed by atoms with E-state index >= 15 is 0 Å². The number of piperidine rings is 1. The highest BCUT2D eigenvalue weighted by Gasteiger charge is 2.31. The zero-order chi connectivity index (χ0) is 17.6. The third kappa shape index (κ3) is 7.68. The maximum Gasteiger partial charge on any atom is 0.407 e. The lowest BCUT2D eigenvalue weighted by molar-refractivity contribution is -0.137. The van der Waals surface area contributed by atoms with Crippen LogP contribution >= 0.6 is 0 Å². The second kappa shape index (κ2) is 8.52. The smallest absolute Gasteiger partial charge is 0.407 e. The Morgan fingerprint density at radius 3 is 2.52 bits per heavy atom. The van der Waals surface area contributed by atoms with Gasteiger partial charge in [0.25, 0.3) is 0 Å². The van der Waals surface area contributed by atoms with Crippen molar-refractivity contribution in [3.8, 4) is 0 Å². The molecule has 1 heterocycles. The Bertz CT molecular complexity index is 406. The molecule has 1 aliphatic rings. The van der Waals surface area contributed by atoms with Crippen LogP contribution in [0.25, 0.3) is 0 Å². The minimum absolute atomic E-state index is 0.00592. The number of nitrogens with zero attached hydrogens (tertiary/aromatic N) is 1. The van der Waals surface area contributed by atoms with Crippen molar-refractivity contribution in [3.05, 3.63) is 0 Å². The molecule has 0 saturated carbocycles. The van der Waals surface area contributed by atoms with E-state index in [2.05, 4.69) is 24.1 Å². The monoisotopic (exact) mass is 328 g/mol. The van der Waals surface area contributed by atoms with Crippen molar-refractivity contribution in [1.29, 1.82) is 0 Å². The van der Waals surface area contributed by atoms with Crippen molar-refractivity contribution in [2.45, 2.75) is 78.0 Å². The highest BCUT2D eigenvalue weighted by Crippen LogP contribution is 2.24. The van der Waals surface area contributed by atoms with Crippen LogP contribution in [0.2, 0.25) is 0 Å². The van der Waals surface area contributed by atoms with E-state index in [1.165, 1.54) is 0 Å². The van der Waals surface area contributed by atoms with Crippen molar-refractivity contribution in [1.82, 2.24) is 10.2 Å². The number of nitrogens with one attached hydrogen (secondary N) is 1. The number of aliphatic carboxylic acids is 1. The van der Waals surface area contributed by atoms with Crippen LogP contribution in [0.3, 0.4) is 0 Å². The van der Waals surface area contributed by atoms with E-state index < -0.39 is 17.7 Å². The van der Waals surface area contributed by atoms with Gasteiger partial charge in [-0.1, -0.05) is 6.92 Å². The van der Waals surface area contributed by atoms with Crippen molar-refractivity contribution in [2.75, 3.05) is 13.1 Å². The van der Waals surface area contributed by atoms with Crippen molar-refractivity contribution in [3.63, 3.8) is 0 Å². The van der Waals surface area contributed by atoms with Crippen LogP contribution in [-0.4, -0.2) is 52.8 Å². The zero-order valence-corrected chi connectivity index (χ0v) is 15.1. The lowest BCUT2D eigenvalue weighted by Crippen LogP contribution is -2.53. The highest BCUT2D eigenvalue weighted by atomic mass is 16.6. The summed E-state index contributed by atoms with van der Waals surface area (Å²) in [7, 11) is 0. The summed E-state index contributed by atoms with van der Waals surface area (Å²) in [6.45, 7) is 11.5. The molecule has 1 saturated heterocycles. The van der Waals surface area contributed by atoms with Crippen molar-refractivity contribution in [2.24, 2.45) is 5.92 Å². The molecular formula is C17H32N2O4. The number of carbonyl (C=O) groups excluding carboxylic acids is 1. The minimum Gasteiger partial charge on any atom is -0.481 e. The molecule has 6 heteroatoms. The third-order valence-electron chi connectivity index (χ3n) is 4.27. The third-order valence-corrected chi connectivity index (χ3v) is 4.27. The molecule has 6 nitrogen and oxygen atoms in total. The van der Waals surface area contributed by atoms with Gasteiger partial charge in [0.1, 0.15) is 5.60 Å². The van der Waals surface area contributed by atoms with E-state index in [9.17, 15) is 9.59 Å². The Balaban J connectivity index is 2.65. The van der Waals surface area contributed by atoms with Gasteiger partial charge < -0.3 is 15.2 Å². The molecule has 0 aromatic carbocycles. The first-order chi connectivity index (χ1) is 10.6. The first-order valence-corrected chi connectivity index (χ1v) is 8.56. The number of rotatable bonds is 6. The lowest BCUT2D eigenvalue weighted by Gasteiger charge is -2.41. The molecule has 0 aromatic rings.